The summed E-state index contributed by atoms with van der Waals surface area (Å²) < 4.78 is 24.7. The number of halogens is 1. The van der Waals surface area contributed by atoms with Gasteiger partial charge in [0.1, 0.15) is 11.6 Å². The van der Waals surface area contributed by atoms with Crippen molar-refractivity contribution in [3.8, 4) is 5.75 Å². The van der Waals surface area contributed by atoms with Crippen molar-refractivity contribution in [2.75, 3.05) is 26.9 Å². The molecule has 1 aromatic carbocycles. The Bertz CT molecular complexity index is 650. The van der Waals surface area contributed by atoms with E-state index in [1.54, 1.807) is 0 Å². The molecule has 1 aliphatic carbocycles. The minimum atomic E-state index is -0.258. The van der Waals surface area contributed by atoms with Gasteiger partial charge in [-0.2, -0.15) is 0 Å². The molecule has 25 heavy (non-hydrogen) atoms. The predicted molar refractivity (Wildman–Crippen MR) is 93.9 cm³/mol. The van der Waals surface area contributed by atoms with E-state index in [9.17, 15) is 4.39 Å². The van der Waals surface area contributed by atoms with Crippen molar-refractivity contribution >= 4 is 5.96 Å². The van der Waals surface area contributed by atoms with E-state index in [4.69, 9.17) is 9.47 Å². The Hall–Kier alpha value is -1.82. The first-order chi connectivity index (χ1) is 12.2. The van der Waals surface area contributed by atoms with Gasteiger partial charge in [0.15, 0.2) is 12.8 Å². The maximum atomic E-state index is 13.9. The third kappa shape index (κ3) is 3.45. The molecular weight excluding hydrogens is 321 g/mol. The Morgan fingerprint density at radius 3 is 2.76 bits per heavy atom. The van der Waals surface area contributed by atoms with Crippen LogP contribution in [0.5, 0.6) is 5.75 Å². The Morgan fingerprint density at radius 1 is 1.28 bits per heavy atom. The van der Waals surface area contributed by atoms with Gasteiger partial charge in [0.25, 0.3) is 0 Å². The number of likely N-dealkylation sites (tertiary alicyclic amines) is 1. The second-order valence-corrected chi connectivity index (χ2v) is 7.27. The molecule has 0 spiro atoms. The summed E-state index contributed by atoms with van der Waals surface area (Å²) in [6.45, 7) is 3.27. The molecule has 0 aromatic heterocycles. The lowest BCUT2D eigenvalue weighted by Crippen LogP contribution is -2.40. The van der Waals surface area contributed by atoms with E-state index in [0.29, 0.717) is 13.2 Å². The zero-order chi connectivity index (χ0) is 17.2. The molecule has 1 saturated heterocycles. The summed E-state index contributed by atoms with van der Waals surface area (Å²) in [6.07, 6.45) is 5.39. The first-order valence-corrected chi connectivity index (χ1v) is 9.22. The average Bonchev–Trinajstić information content (AvgIpc) is 3.06. The highest BCUT2D eigenvalue weighted by Crippen LogP contribution is 2.36. The van der Waals surface area contributed by atoms with Crippen LogP contribution in [0.3, 0.4) is 0 Å². The van der Waals surface area contributed by atoms with E-state index in [0.717, 1.165) is 47.8 Å². The molecule has 3 aliphatic rings. The number of hydrogen-bond acceptors (Lipinski definition) is 3. The molecule has 2 fully saturated rings. The Labute approximate surface area is 148 Å². The number of ether oxygens (including phenoxy) is 2. The van der Waals surface area contributed by atoms with Crippen LogP contribution in [-0.2, 0) is 17.9 Å². The Balaban J connectivity index is 1.44. The van der Waals surface area contributed by atoms with Gasteiger partial charge in [0.05, 0.1) is 6.61 Å². The van der Waals surface area contributed by atoms with Crippen molar-refractivity contribution in [1.29, 1.82) is 0 Å². The van der Waals surface area contributed by atoms with Crippen LogP contribution in [0.25, 0.3) is 0 Å². The quantitative estimate of drug-likeness (QED) is 0.660. The Kier molecular flexibility index (Phi) is 4.79. The maximum Gasteiger partial charge on any atom is 0.193 e. The zero-order valence-electron chi connectivity index (χ0n) is 14.8. The van der Waals surface area contributed by atoms with Crippen LogP contribution >= 0.6 is 0 Å². The number of rotatable bonds is 2. The smallest absolute Gasteiger partial charge is 0.193 e. The van der Waals surface area contributed by atoms with Crippen LogP contribution in [0, 0.1) is 17.7 Å². The minimum Gasteiger partial charge on any atom is -0.467 e. The summed E-state index contributed by atoms with van der Waals surface area (Å²) in [4.78, 5) is 6.81. The van der Waals surface area contributed by atoms with Crippen LogP contribution in [0.15, 0.2) is 17.1 Å². The number of guanidine groups is 1. The number of nitrogens with zero attached hydrogens (tertiary/aromatic N) is 2. The molecular formula is C19H26FN3O2. The van der Waals surface area contributed by atoms with Crippen molar-refractivity contribution in [1.82, 2.24) is 10.2 Å². The number of aliphatic imine (C=N–C) groups is 1. The fraction of sp³-hybridized carbons (Fsp3) is 0.632. The standard InChI is InChI=1S/C19H26FN3O2/c1-21-19(23-9-13-4-2-3-5-14(13)10-23)22-8-15-6-17(20)7-16-11-24-12-25-18(15)16/h6-7,13-14H,2-5,8-12H2,1H3,(H,21,22). The van der Waals surface area contributed by atoms with E-state index in [2.05, 4.69) is 15.2 Å². The molecule has 2 heterocycles. The van der Waals surface area contributed by atoms with Gasteiger partial charge in [0, 0.05) is 37.8 Å². The van der Waals surface area contributed by atoms with E-state index < -0.39 is 0 Å². The highest BCUT2D eigenvalue weighted by Gasteiger charge is 2.35. The topological polar surface area (TPSA) is 46.1 Å². The predicted octanol–water partition coefficient (Wildman–Crippen LogP) is 2.89. The largest absolute Gasteiger partial charge is 0.467 e. The first-order valence-electron chi connectivity index (χ1n) is 9.22. The lowest BCUT2D eigenvalue weighted by atomic mass is 9.82. The molecule has 0 bridgehead atoms. The van der Waals surface area contributed by atoms with Gasteiger partial charge in [-0.25, -0.2) is 4.39 Å². The van der Waals surface area contributed by atoms with E-state index >= 15 is 0 Å². The van der Waals surface area contributed by atoms with Gasteiger partial charge >= 0.3 is 0 Å². The molecule has 1 aromatic rings. The summed E-state index contributed by atoms with van der Waals surface area (Å²) in [5, 5.41) is 3.40. The SMILES string of the molecule is CN=C(NCc1cc(F)cc2c1OCOC2)N1CC2CCCCC2C1. The van der Waals surface area contributed by atoms with Crippen molar-refractivity contribution in [2.24, 2.45) is 16.8 Å². The zero-order valence-corrected chi connectivity index (χ0v) is 14.8. The van der Waals surface area contributed by atoms with Gasteiger partial charge in [-0.3, -0.25) is 4.99 Å². The molecule has 1 N–H and O–H groups in total. The maximum absolute atomic E-state index is 13.9. The van der Waals surface area contributed by atoms with Crippen molar-refractivity contribution in [3.05, 3.63) is 29.1 Å². The fourth-order valence-electron chi connectivity index (χ4n) is 4.47. The fourth-order valence-corrected chi connectivity index (χ4v) is 4.47. The van der Waals surface area contributed by atoms with E-state index in [1.807, 2.05) is 7.05 Å². The number of hydrogen-bond donors (Lipinski definition) is 1. The lowest BCUT2D eigenvalue weighted by molar-refractivity contribution is -0.0173. The summed E-state index contributed by atoms with van der Waals surface area (Å²) in [5.74, 6) is 2.99. The second-order valence-electron chi connectivity index (χ2n) is 7.27. The minimum absolute atomic E-state index is 0.218. The summed E-state index contributed by atoms with van der Waals surface area (Å²) >= 11 is 0. The average molecular weight is 347 g/mol. The second kappa shape index (κ2) is 7.20. The van der Waals surface area contributed by atoms with Crippen molar-refractivity contribution < 1.29 is 13.9 Å². The van der Waals surface area contributed by atoms with Crippen LogP contribution in [0.2, 0.25) is 0 Å². The number of benzene rings is 1. The molecule has 2 atom stereocenters. The van der Waals surface area contributed by atoms with Crippen LogP contribution in [0.4, 0.5) is 4.39 Å². The molecule has 5 nitrogen and oxygen atoms in total. The third-order valence-corrected chi connectivity index (χ3v) is 5.68. The molecule has 6 heteroatoms. The molecule has 0 amide bonds. The molecule has 2 aliphatic heterocycles. The molecule has 2 unspecified atom stereocenters. The number of fused-ring (bicyclic) bond motifs is 2. The van der Waals surface area contributed by atoms with Gasteiger partial charge in [-0.1, -0.05) is 12.8 Å². The molecule has 136 valence electrons. The van der Waals surface area contributed by atoms with Crippen molar-refractivity contribution in [3.63, 3.8) is 0 Å². The van der Waals surface area contributed by atoms with Crippen LogP contribution < -0.4 is 10.1 Å². The normalized spacial score (nSPS) is 26.0. The van der Waals surface area contributed by atoms with Gasteiger partial charge in [-0.15, -0.1) is 0 Å². The lowest BCUT2D eigenvalue weighted by Gasteiger charge is -2.24. The van der Waals surface area contributed by atoms with E-state index in [1.165, 1.54) is 37.8 Å². The number of nitrogens with one attached hydrogen (secondary N) is 1. The summed E-state index contributed by atoms with van der Waals surface area (Å²) in [7, 11) is 1.82. The molecule has 0 radical (unpaired) electrons. The van der Waals surface area contributed by atoms with Crippen LogP contribution in [0.1, 0.15) is 36.8 Å². The monoisotopic (exact) mass is 347 g/mol. The first kappa shape index (κ1) is 16.6. The van der Waals surface area contributed by atoms with Gasteiger partial charge in [-0.05, 0) is 36.8 Å². The van der Waals surface area contributed by atoms with E-state index in [-0.39, 0.29) is 12.6 Å². The molecule has 1 saturated carbocycles. The van der Waals surface area contributed by atoms with Crippen LogP contribution in [-0.4, -0.2) is 37.8 Å². The Morgan fingerprint density at radius 2 is 2.04 bits per heavy atom. The highest BCUT2D eigenvalue weighted by molar-refractivity contribution is 5.80. The van der Waals surface area contributed by atoms with Gasteiger partial charge in [0.2, 0.25) is 0 Å². The summed E-state index contributed by atoms with van der Waals surface area (Å²) in [6, 6.07) is 3.02. The molecule has 4 rings (SSSR count). The van der Waals surface area contributed by atoms with Gasteiger partial charge < -0.3 is 19.7 Å². The third-order valence-electron chi connectivity index (χ3n) is 5.68. The van der Waals surface area contributed by atoms with Crippen molar-refractivity contribution in [2.45, 2.75) is 38.8 Å². The highest BCUT2D eigenvalue weighted by atomic mass is 19.1. The summed E-state index contributed by atoms with van der Waals surface area (Å²) in [5.41, 5.74) is 1.58.